The monoisotopic (exact) mass is 320 g/mol. The lowest BCUT2D eigenvalue weighted by atomic mass is 10.2. The van der Waals surface area contributed by atoms with Gasteiger partial charge in [-0.05, 0) is 30.3 Å². The van der Waals surface area contributed by atoms with Crippen LogP contribution in [0, 0.1) is 5.41 Å². The van der Waals surface area contributed by atoms with E-state index in [0.717, 1.165) is 21.3 Å². The largest absolute Gasteiger partial charge is 0.486 e. The highest BCUT2D eigenvalue weighted by atomic mass is 35.5. The second-order valence-corrected chi connectivity index (χ2v) is 5.96. The van der Waals surface area contributed by atoms with E-state index in [9.17, 15) is 0 Å². The Morgan fingerprint density at radius 1 is 1.14 bits per heavy atom. The van der Waals surface area contributed by atoms with Crippen molar-refractivity contribution in [1.29, 1.82) is 5.41 Å². The molecule has 1 heterocycles. The summed E-state index contributed by atoms with van der Waals surface area (Å²) < 4.78 is 11.1. The van der Waals surface area contributed by atoms with Crippen molar-refractivity contribution in [2.75, 3.05) is 13.2 Å². The molecule has 4 nitrogen and oxygen atoms in total. The van der Waals surface area contributed by atoms with Gasteiger partial charge in [-0.15, -0.1) is 0 Å². The van der Waals surface area contributed by atoms with E-state index < -0.39 is 0 Å². The molecule has 0 saturated heterocycles. The smallest absolute Gasteiger partial charge is 0.162 e. The van der Waals surface area contributed by atoms with Gasteiger partial charge < -0.3 is 15.2 Å². The van der Waals surface area contributed by atoms with E-state index in [1.54, 1.807) is 6.07 Å². The molecule has 0 aromatic heterocycles. The zero-order chi connectivity index (χ0) is 14.8. The molecule has 0 atom stereocenters. The molecule has 2 aromatic rings. The highest BCUT2D eigenvalue weighted by Gasteiger charge is 2.15. The number of halogens is 1. The van der Waals surface area contributed by atoms with E-state index in [-0.39, 0.29) is 5.84 Å². The van der Waals surface area contributed by atoms with Crippen LogP contribution in [0.15, 0.2) is 46.2 Å². The highest BCUT2D eigenvalue weighted by Crippen LogP contribution is 2.38. The summed E-state index contributed by atoms with van der Waals surface area (Å²) >= 11 is 7.62. The number of nitrogens with two attached hydrogens (primary N) is 1. The van der Waals surface area contributed by atoms with Crippen LogP contribution in [0.3, 0.4) is 0 Å². The number of fused-ring (bicyclic) bond motifs is 1. The van der Waals surface area contributed by atoms with E-state index in [0.29, 0.717) is 23.8 Å². The fourth-order valence-electron chi connectivity index (χ4n) is 2.06. The summed E-state index contributed by atoms with van der Waals surface area (Å²) in [5.74, 6) is 1.45. The molecule has 0 amide bonds. The summed E-state index contributed by atoms with van der Waals surface area (Å²) in [5.41, 5.74) is 6.18. The molecule has 3 rings (SSSR count). The quantitative estimate of drug-likeness (QED) is 0.670. The zero-order valence-corrected chi connectivity index (χ0v) is 12.6. The van der Waals surface area contributed by atoms with Gasteiger partial charge in [0.2, 0.25) is 0 Å². The van der Waals surface area contributed by atoms with E-state index in [2.05, 4.69) is 0 Å². The summed E-state index contributed by atoms with van der Waals surface area (Å²) in [6.45, 7) is 1.12. The van der Waals surface area contributed by atoms with Crippen LogP contribution in [-0.2, 0) is 0 Å². The molecule has 0 unspecified atom stereocenters. The molecule has 6 heteroatoms. The van der Waals surface area contributed by atoms with Crippen molar-refractivity contribution in [3.8, 4) is 11.5 Å². The molecule has 21 heavy (non-hydrogen) atoms. The summed E-state index contributed by atoms with van der Waals surface area (Å²) in [6.07, 6.45) is 0. The van der Waals surface area contributed by atoms with Gasteiger partial charge in [0.05, 0.1) is 5.02 Å². The van der Waals surface area contributed by atoms with Crippen molar-refractivity contribution in [3.05, 3.63) is 47.0 Å². The lowest BCUT2D eigenvalue weighted by molar-refractivity contribution is 0.171. The van der Waals surface area contributed by atoms with Crippen LogP contribution < -0.4 is 15.2 Å². The van der Waals surface area contributed by atoms with Crippen LogP contribution in [0.5, 0.6) is 11.5 Å². The first-order chi connectivity index (χ1) is 10.1. The van der Waals surface area contributed by atoms with Gasteiger partial charge in [-0.2, -0.15) is 0 Å². The Morgan fingerprint density at radius 3 is 2.67 bits per heavy atom. The number of rotatable bonds is 3. The predicted octanol–water partition coefficient (Wildman–Crippen LogP) is 3.55. The third-order valence-electron chi connectivity index (χ3n) is 2.99. The maximum atomic E-state index is 7.67. The van der Waals surface area contributed by atoms with E-state index in [4.69, 9.17) is 32.2 Å². The average Bonchev–Trinajstić information content (AvgIpc) is 2.47. The summed E-state index contributed by atoms with van der Waals surface area (Å²) in [5, 5.41) is 8.15. The molecule has 0 radical (unpaired) electrons. The van der Waals surface area contributed by atoms with Crippen molar-refractivity contribution in [2.24, 2.45) is 5.73 Å². The molecular formula is C15H13ClN2O2S. The summed E-state index contributed by atoms with van der Waals surface area (Å²) in [7, 11) is 0. The third kappa shape index (κ3) is 2.94. The van der Waals surface area contributed by atoms with Crippen molar-refractivity contribution in [3.63, 3.8) is 0 Å². The lowest BCUT2D eigenvalue weighted by Gasteiger charge is -2.19. The molecule has 108 valence electrons. The fourth-order valence-corrected chi connectivity index (χ4v) is 3.42. The number of nitrogens with one attached hydrogen (secondary N) is 1. The topological polar surface area (TPSA) is 68.3 Å². The molecule has 0 saturated carbocycles. The van der Waals surface area contributed by atoms with Gasteiger partial charge in [0.1, 0.15) is 19.0 Å². The maximum absolute atomic E-state index is 7.67. The molecule has 1 aliphatic rings. The van der Waals surface area contributed by atoms with E-state index in [1.807, 2.05) is 30.3 Å². The Hall–Kier alpha value is -1.85. The van der Waals surface area contributed by atoms with Crippen LogP contribution in [-0.4, -0.2) is 19.0 Å². The number of benzene rings is 2. The van der Waals surface area contributed by atoms with Gasteiger partial charge in [-0.25, -0.2) is 0 Å². The molecule has 2 aromatic carbocycles. The van der Waals surface area contributed by atoms with Gasteiger partial charge in [0, 0.05) is 15.4 Å². The Balaban J connectivity index is 1.94. The Kier molecular flexibility index (Phi) is 3.94. The summed E-state index contributed by atoms with van der Waals surface area (Å²) in [4.78, 5) is 1.82. The van der Waals surface area contributed by atoms with Gasteiger partial charge in [-0.1, -0.05) is 29.4 Å². The first kappa shape index (κ1) is 14.1. The standard InChI is InChI=1S/C15H13ClN2O2S/c16-10-2-1-3-13(14(10)15(17)18)21-9-4-5-11-12(8-9)20-7-6-19-11/h1-5,8H,6-7H2,(H3,17,18). The fraction of sp³-hybridized carbons (Fsp3) is 0.133. The molecule has 3 N–H and O–H groups in total. The zero-order valence-electron chi connectivity index (χ0n) is 11.1. The van der Waals surface area contributed by atoms with Crippen molar-refractivity contribution in [1.82, 2.24) is 0 Å². The maximum Gasteiger partial charge on any atom is 0.162 e. The summed E-state index contributed by atoms with van der Waals surface area (Å²) in [6, 6.07) is 11.2. The average molecular weight is 321 g/mol. The first-order valence-corrected chi connectivity index (χ1v) is 7.55. The number of hydrogen-bond acceptors (Lipinski definition) is 4. The predicted molar refractivity (Wildman–Crippen MR) is 84.0 cm³/mol. The minimum Gasteiger partial charge on any atom is -0.486 e. The van der Waals surface area contributed by atoms with Crippen molar-refractivity contribution in [2.45, 2.75) is 9.79 Å². The Bertz CT molecular complexity index is 706. The minimum atomic E-state index is -0.0411. The first-order valence-electron chi connectivity index (χ1n) is 6.35. The molecule has 1 aliphatic heterocycles. The SMILES string of the molecule is N=C(N)c1c(Cl)cccc1Sc1ccc2c(c1)OCCO2. The van der Waals surface area contributed by atoms with Gasteiger partial charge in [-0.3, -0.25) is 5.41 Å². The molecule has 0 fully saturated rings. The van der Waals surface area contributed by atoms with Crippen LogP contribution in [0.4, 0.5) is 0 Å². The van der Waals surface area contributed by atoms with Crippen molar-refractivity contribution < 1.29 is 9.47 Å². The Morgan fingerprint density at radius 2 is 1.90 bits per heavy atom. The van der Waals surface area contributed by atoms with Gasteiger partial charge in [0.15, 0.2) is 11.5 Å². The number of ether oxygens (including phenoxy) is 2. The molecule has 0 aliphatic carbocycles. The van der Waals surface area contributed by atoms with Crippen LogP contribution in [0.25, 0.3) is 0 Å². The number of nitrogen functional groups attached to an aromatic ring is 1. The second kappa shape index (κ2) is 5.87. The highest BCUT2D eigenvalue weighted by molar-refractivity contribution is 7.99. The second-order valence-electron chi connectivity index (χ2n) is 4.43. The lowest BCUT2D eigenvalue weighted by Crippen LogP contribution is -2.15. The molecule has 0 bridgehead atoms. The van der Waals surface area contributed by atoms with Crippen LogP contribution in [0.2, 0.25) is 5.02 Å². The number of hydrogen-bond donors (Lipinski definition) is 2. The van der Waals surface area contributed by atoms with Crippen molar-refractivity contribution >= 4 is 29.2 Å². The molecule has 0 spiro atoms. The van der Waals surface area contributed by atoms with Gasteiger partial charge >= 0.3 is 0 Å². The number of amidine groups is 1. The van der Waals surface area contributed by atoms with Gasteiger partial charge in [0.25, 0.3) is 0 Å². The van der Waals surface area contributed by atoms with E-state index >= 15 is 0 Å². The van der Waals surface area contributed by atoms with Crippen LogP contribution >= 0.6 is 23.4 Å². The minimum absolute atomic E-state index is 0.0411. The third-order valence-corrected chi connectivity index (χ3v) is 4.35. The molecular weight excluding hydrogens is 308 g/mol. The van der Waals surface area contributed by atoms with Crippen LogP contribution in [0.1, 0.15) is 5.56 Å². The normalized spacial score (nSPS) is 13.0. The van der Waals surface area contributed by atoms with E-state index in [1.165, 1.54) is 11.8 Å². The Labute approximate surface area is 131 Å².